The van der Waals surface area contributed by atoms with Gasteiger partial charge >= 0.3 is 0 Å². The van der Waals surface area contributed by atoms with E-state index in [-0.39, 0.29) is 24.2 Å². The molecule has 1 aliphatic heterocycles. The number of ether oxygens (including phenoxy) is 1. The highest BCUT2D eigenvalue weighted by molar-refractivity contribution is 5.85. The van der Waals surface area contributed by atoms with Crippen LogP contribution in [-0.2, 0) is 11.3 Å². The molecule has 1 saturated carbocycles. The molecule has 3 rings (SSSR count). The van der Waals surface area contributed by atoms with Gasteiger partial charge in [0.1, 0.15) is 23.8 Å². The second kappa shape index (κ2) is 4.74. The van der Waals surface area contributed by atoms with Crippen LogP contribution in [0.15, 0.2) is 18.2 Å². The van der Waals surface area contributed by atoms with Crippen molar-refractivity contribution in [3.8, 4) is 5.75 Å². The van der Waals surface area contributed by atoms with E-state index in [0.717, 1.165) is 12.8 Å². The number of benzene rings is 1. The fourth-order valence-electron chi connectivity index (χ4n) is 2.68. The lowest BCUT2D eigenvalue weighted by atomic mass is 9.98. The second-order valence-corrected chi connectivity index (χ2v) is 5.75. The van der Waals surface area contributed by atoms with Crippen molar-refractivity contribution >= 4 is 5.91 Å². The van der Waals surface area contributed by atoms with Gasteiger partial charge in [-0.25, -0.2) is 4.39 Å². The maximum atomic E-state index is 13.3. The number of amides is 1. The minimum atomic E-state index is -1.32. The predicted molar refractivity (Wildman–Crippen MR) is 70.7 cm³/mol. The zero-order chi connectivity index (χ0) is 14.3. The molecule has 1 aromatic rings. The van der Waals surface area contributed by atoms with Crippen LogP contribution >= 0.6 is 0 Å². The number of nitrogens with zero attached hydrogens (tertiary/aromatic N) is 1. The van der Waals surface area contributed by atoms with Crippen LogP contribution in [0.3, 0.4) is 0 Å². The first-order chi connectivity index (χ1) is 9.48. The lowest BCUT2D eigenvalue weighted by molar-refractivity contribution is -0.152. The number of carbonyl (C=O) groups excluding carboxylic acids is 1. The van der Waals surface area contributed by atoms with E-state index in [9.17, 15) is 14.3 Å². The molecule has 1 aromatic carbocycles. The van der Waals surface area contributed by atoms with Gasteiger partial charge in [-0.05, 0) is 43.9 Å². The molecule has 1 aliphatic carbocycles. The molecule has 1 amide bonds. The Morgan fingerprint density at radius 3 is 2.95 bits per heavy atom. The molecule has 1 atom stereocenters. The van der Waals surface area contributed by atoms with Crippen molar-refractivity contribution in [1.82, 2.24) is 4.90 Å². The Bertz CT molecular complexity index is 540. The van der Waals surface area contributed by atoms with Crippen LogP contribution in [0.5, 0.6) is 5.75 Å². The summed E-state index contributed by atoms with van der Waals surface area (Å²) < 4.78 is 18.8. The van der Waals surface area contributed by atoms with E-state index < -0.39 is 5.60 Å². The topological polar surface area (TPSA) is 49.8 Å². The van der Waals surface area contributed by atoms with Crippen LogP contribution in [0.4, 0.5) is 4.39 Å². The van der Waals surface area contributed by atoms with Crippen LogP contribution in [0.2, 0.25) is 0 Å². The Hall–Kier alpha value is -1.62. The molecule has 0 radical (unpaired) electrons. The lowest BCUT2D eigenvalue weighted by Gasteiger charge is -2.29. The largest absolute Gasteiger partial charge is 0.491 e. The highest BCUT2D eigenvalue weighted by Crippen LogP contribution is 2.40. The second-order valence-electron chi connectivity index (χ2n) is 5.75. The third kappa shape index (κ3) is 2.38. The van der Waals surface area contributed by atoms with Gasteiger partial charge < -0.3 is 14.7 Å². The number of aliphatic hydroxyl groups is 1. The quantitative estimate of drug-likeness (QED) is 0.896. The number of fused-ring (bicyclic) bond motifs is 1. The van der Waals surface area contributed by atoms with Gasteiger partial charge in [0.25, 0.3) is 5.91 Å². The molecule has 5 heteroatoms. The number of carbonyl (C=O) groups is 1. The minimum Gasteiger partial charge on any atom is -0.491 e. The summed E-state index contributed by atoms with van der Waals surface area (Å²) in [5.74, 6) is 0.00947. The summed E-state index contributed by atoms with van der Waals surface area (Å²) in [4.78, 5) is 14.0. The average molecular weight is 279 g/mol. The van der Waals surface area contributed by atoms with E-state index in [4.69, 9.17) is 4.74 Å². The number of halogens is 1. The van der Waals surface area contributed by atoms with Gasteiger partial charge in [-0.3, -0.25) is 4.79 Å². The average Bonchev–Trinajstić information content (AvgIpc) is 3.23. The van der Waals surface area contributed by atoms with Gasteiger partial charge in [-0.2, -0.15) is 0 Å². The van der Waals surface area contributed by atoms with Gasteiger partial charge in [0.05, 0.1) is 6.54 Å². The molecular weight excluding hydrogens is 261 g/mol. The highest BCUT2D eigenvalue weighted by atomic mass is 19.1. The molecule has 1 unspecified atom stereocenters. The highest BCUT2D eigenvalue weighted by Gasteiger charge is 2.47. The van der Waals surface area contributed by atoms with Crippen molar-refractivity contribution in [3.63, 3.8) is 0 Å². The van der Waals surface area contributed by atoms with E-state index in [0.29, 0.717) is 24.5 Å². The molecule has 108 valence electrons. The molecule has 0 saturated heterocycles. The molecule has 20 heavy (non-hydrogen) atoms. The van der Waals surface area contributed by atoms with E-state index in [2.05, 4.69) is 0 Å². The van der Waals surface area contributed by atoms with E-state index >= 15 is 0 Å². The number of hydrogen-bond donors (Lipinski definition) is 1. The third-order valence-electron chi connectivity index (χ3n) is 4.10. The van der Waals surface area contributed by atoms with Crippen LogP contribution in [-0.4, -0.2) is 34.7 Å². The normalized spacial score (nSPS) is 21.4. The number of hydrogen-bond acceptors (Lipinski definition) is 3. The summed E-state index contributed by atoms with van der Waals surface area (Å²) in [6, 6.07) is 4.31. The van der Waals surface area contributed by atoms with Gasteiger partial charge in [0.2, 0.25) is 0 Å². The summed E-state index contributed by atoms with van der Waals surface area (Å²) in [6.45, 7) is 2.60. The van der Waals surface area contributed by atoms with Gasteiger partial charge in [-0.1, -0.05) is 0 Å². The Balaban J connectivity index is 1.83. The summed E-state index contributed by atoms with van der Waals surface area (Å²) in [7, 11) is 0. The summed E-state index contributed by atoms with van der Waals surface area (Å²) in [5.41, 5.74) is -0.680. The SMILES string of the molecule is CC(O)(C(=O)N1CCOc2ccc(F)cc2C1)C1CC1. The van der Waals surface area contributed by atoms with E-state index in [1.807, 2.05) is 0 Å². The van der Waals surface area contributed by atoms with Crippen molar-refractivity contribution in [3.05, 3.63) is 29.6 Å². The van der Waals surface area contributed by atoms with Crippen molar-refractivity contribution in [2.45, 2.75) is 31.9 Å². The van der Waals surface area contributed by atoms with Crippen molar-refractivity contribution < 1.29 is 19.0 Å². The van der Waals surface area contributed by atoms with Crippen LogP contribution in [0, 0.1) is 11.7 Å². The van der Waals surface area contributed by atoms with E-state index in [1.165, 1.54) is 12.1 Å². The molecule has 0 bridgehead atoms. The fraction of sp³-hybridized carbons (Fsp3) is 0.533. The van der Waals surface area contributed by atoms with Crippen LogP contribution in [0.25, 0.3) is 0 Å². The molecular formula is C15H18FNO3. The molecule has 1 heterocycles. The molecule has 4 nitrogen and oxygen atoms in total. The van der Waals surface area contributed by atoms with Crippen LogP contribution in [0.1, 0.15) is 25.3 Å². The molecule has 0 aromatic heterocycles. The van der Waals surface area contributed by atoms with E-state index in [1.54, 1.807) is 17.9 Å². The summed E-state index contributed by atoms with van der Waals surface area (Å²) in [5, 5.41) is 10.4. The number of rotatable bonds is 2. The zero-order valence-electron chi connectivity index (χ0n) is 11.4. The lowest BCUT2D eigenvalue weighted by Crippen LogP contribution is -2.48. The Morgan fingerprint density at radius 2 is 2.25 bits per heavy atom. The van der Waals surface area contributed by atoms with Crippen molar-refractivity contribution in [2.75, 3.05) is 13.2 Å². The zero-order valence-corrected chi connectivity index (χ0v) is 11.4. The summed E-state index contributed by atoms with van der Waals surface area (Å²) in [6.07, 6.45) is 1.77. The van der Waals surface area contributed by atoms with Crippen molar-refractivity contribution in [1.29, 1.82) is 0 Å². The van der Waals surface area contributed by atoms with Crippen molar-refractivity contribution in [2.24, 2.45) is 5.92 Å². The standard InChI is InChI=1S/C15H18FNO3/c1-15(19,11-2-3-11)14(18)17-6-7-20-13-5-4-12(16)8-10(13)9-17/h4-5,8,11,19H,2-3,6-7,9H2,1H3. The van der Waals surface area contributed by atoms with Gasteiger partial charge in [0.15, 0.2) is 0 Å². The Labute approximate surface area is 117 Å². The smallest absolute Gasteiger partial charge is 0.254 e. The first-order valence-electron chi connectivity index (χ1n) is 6.91. The Morgan fingerprint density at radius 1 is 1.50 bits per heavy atom. The summed E-state index contributed by atoms with van der Waals surface area (Å²) >= 11 is 0. The molecule has 2 aliphatic rings. The fourth-order valence-corrected chi connectivity index (χ4v) is 2.68. The van der Waals surface area contributed by atoms with Gasteiger partial charge in [-0.15, -0.1) is 0 Å². The van der Waals surface area contributed by atoms with Gasteiger partial charge in [0, 0.05) is 12.1 Å². The molecule has 0 spiro atoms. The van der Waals surface area contributed by atoms with Crippen LogP contribution < -0.4 is 4.74 Å². The third-order valence-corrected chi connectivity index (χ3v) is 4.10. The molecule has 1 fully saturated rings. The first-order valence-corrected chi connectivity index (χ1v) is 6.91. The maximum absolute atomic E-state index is 13.3. The minimum absolute atomic E-state index is 0.0474. The maximum Gasteiger partial charge on any atom is 0.254 e. The predicted octanol–water partition coefficient (Wildman–Crippen LogP) is 1.71. The first kappa shape index (κ1) is 13.4. The molecule has 1 N–H and O–H groups in total. The Kier molecular flexibility index (Phi) is 3.17. The monoisotopic (exact) mass is 279 g/mol.